The summed E-state index contributed by atoms with van der Waals surface area (Å²) in [5.41, 5.74) is 0. The molecular weight excluding hydrogens is 344 g/mol. The highest BCUT2D eigenvalue weighted by molar-refractivity contribution is 4.83. The van der Waals surface area contributed by atoms with Gasteiger partial charge in [0.05, 0.1) is 7.05 Å². The SMILES string of the molecule is CCCCCCCC/C=C\CCCCCCCC(O)c1[nH]cc[n+]1C.[Cl-]. The number of halogens is 1. The summed E-state index contributed by atoms with van der Waals surface area (Å²) in [6.07, 6.45) is 26.1. The van der Waals surface area contributed by atoms with Gasteiger partial charge in [0.15, 0.2) is 6.10 Å². The number of nitrogens with one attached hydrogen (secondary N) is 1. The van der Waals surface area contributed by atoms with E-state index in [1.165, 1.54) is 77.0 Å². The van der Waals surface area contributed by atoms with Crippen LogP contribution in [0.1, 0.15) is 109 Å². The summed E-state index contributed by atoms with van der Waals surface area (Å²) in [6.45, 7) is 2.27. The van der Waals surface area contributed by atoms with E-state index < -0.39 is 0 Å². The average molecular weight is 385 g/mol. The van der Waals surface area contributed by atoms with Crippen LogP contribution in [-0.2, 0) is 7.05 Å². The first kappa shape index (κ1) is 25.2. The zero-order valence-corrected chi connectivity index (χ0v) is 17.8. The van der Waals surface area contributed by atoms with Crippen molar-refractivity contribution in [1.82, 2.24) is 4.98 Å². The second-order valence-corrected chi connectivity index (χ2v) is 7.34. The van der Waals surface area contributed by atoms with Gasteiger partial charge in [-0.2, -0.15) is 0 Å². The Morgan fingerprint density at radius 1 is 0.923 bits per heavy atom. The lowest BCUT2D eigenvalue weighted by Gasteiger charge is -2.06. The number of nitrogens with zero attached hydrogens (tertiary/aromatic N) is 1. The number of allylic oxidation sites excluding steroid dienone is 2. The number of hydrogen-bond donors (Lipinski definition) is 2. The molecule has 0 saturated carbocycles. The van der Waals surface area contributed by atoms with E-state index in [0.29, 0.717) is 0 Å². The summed E-state index contributed by atoms with van der Waals surface area (Å²) in [4.78, 5) is 3.11. The summed E-state index contributed by atoms with van der Waals surface area (Å²) < 4.78 is 1.96. The molecule has 3 nitrogen and oxygen atoms in total. The molecule has 2 N–H and O–H groups in total. The Hall–Kier alpha value is -0.800. The molecule has 152 valence electrons. The van der Waals surface area contributed by atoms with Crippen LogP contribution in [0.3, 0.4) is 0 Å². The number of aromatic amines is 1. The monoisotopic (exact) mass is 384 g/mol. The molecule has 1 aromatic rings. The lowest BCUT2D eigenvalue weighted by molar-refractivity contribution is -0.681. The van der Waals surface area contributed by atoms with E-state index in [-0.39, 0.29) is 18.5 Å². The van der Waals surface area contributed by atoms with Crippen molar-refractivity contribution in [2.75, 3.05) is 0 Å². The molecule has 0 fully saturated rings. The molecule has 1 rings (SSSR count). The predicted molar refractivity (Wildman–Crippen MR) is 106 cm³/mol. The number of unbranched alkanes of at least 4 members (excludes halogenated alkanes) is 11. The third kappa shape index (κ3) is 12.5. The first-order valence-corrected chi connectivity index (χ1v) is 10.6. The van der Waals surface area contributed by atoms with Crippen molar-refractivity contribution in [3.63, 3.8) is 0 Å². The van der Waals surface area contributed by atoms with Crippen LogP contribution in [0.15, 0.2) is 24.5 Å². The minimum Gasteiger partial charge on any atom is -1.00 e. The van der Waals surface area contributed by atoms with Crippen molar-refractivity contribution in [3.05, 3.63) is 30.4 Å². The molecule has 0 aliphatic carbocycles. The van der Waals surface area contributed by atoms with Crippen molar-refractivity contribution in [2.24, 2.45) is 7.05 Å². The fraction of sp³-hybridized carbons (Fsp3) is 0.773. The van der Waals surface area contributed by atoms with Crippen LogP contribution < -0.4 is 17.0 Å². The molecule has 0 aliphatic rings. The summed E-state index contributed by atoms with van der Waals surface area (Å²) in [5, 5.41) is 10.1. The third-order valence-electron chi connectivity index (χ3n) is 4.96. The topological polar surface area (TPSA) is 39.9 Å². The van der Waals surface area contributed by atoms with Gasteiger partial charge >= 0.3 is 0 Å². The number of H-pyrrole nitrogens is 1. The smallest absolute Gasteiger partial charge is 0.283 e. The second kappa shape index (κ2) is 17.6. The highest BCUT2D eigenvalue weighted by Crippen LogP contribution is 2.16. The number of aromatic nitrogens is 2. The van der Waals surface area contributed by atoms with E-state index >= 15 is 0 Å². The van der Waals surface area contributed by atoms with Crippen molar-refractivity contribution < 1.29 is 22.1 Å². The van der Waals surface area contributed by atoms with Crippen molar-refractivity contribution in [1.29, 1.82) is 0 Å². The maximum atomic E-state index is 10.1. The van der Waals surface area contributed by atoms with Crippen LogP contribution in [0, 0.1) is 0 Å². The van der Waals surface area contributed by atoms with Crippen LogP contribution in [-0.4, -0.2) is 10.1 Å². The Bertz CT molecular complexity index is 445. The number of aryl methyl sites for hydroxylation is 1. The number of aliphatic hydroxyl groups excluding tert-OH is 1. The van der Waals surface area contributed by atoms with E-state index in [4.69, 9.17) is 0 Å². The predicted octanol–water partition coefficient (Wildman–Crippen LogP) is 2.91. The number of hydrogen-bond acceptors (Lipinski definition) is 1. The van der Waals surface area contributed by atoms with Gasteiger partial charge in [0.25, 0.3) is 5.82 Å². The van der Waals surface area contributed by atoms with Crippen LogP contribution in [0.5, 0.6) is 0 Å². The zero-order chi connectivity index (χ0) is 18.2. The second-order valence-electron chi connectivity index (χ2n) is 7.34. The molecule has 0 aromatic carbocycles. The molecule has 26 heavy (non-hydrogen) atoms. The van der Waals surface area contributed by atoms with E-state index in [1.807, 2.05) is 24.0 Å². The molecule has 0 spiro atoms. The minimum atomic E-state index is -0.357. The Labute approximate surface area is 167 Å². The number of imidazole rings is 1. The maximum Gasteiger partial charge on any atom is 0.283 e. The van der Waals surface area contributed by atoms with Crippen molar-refractivity contribution in [3.8, 4) is 0 Å². The Kier molecular flexibility index (Phi) is 17.1. The largest absolute Gasteiger partial charge is 1.00 e. The third-order valence-corrected chi connectivity index (χ3v) is 4.96. The number of aliphatic hydroxyl groups is 1. The molecule has 0 bridgehead atoms. The van der Waals surface area contributed by atoms with Crippen LogP contribution >= 0.6 is 0 Å². The summed E-state index contributed by atoms with van der Waals surface area (Å²) in [5.74, 6) is 0.913. The highest BCUT2D eigenvalue weighted by Gasteiger charge is 2.17. The van der Waals surface area contributed by atoms with Gasteiger partial charge in [-0.1, -0.05) is 76.9 Å². The molecule has 0 saturated heterocycles. The first-order valence-electron chi connectivity index (χ1n) is 10.6. The van der Waals surface area contributed by atoms with Crippen LogP contribution in [0.4, 0.5) is 0 Å². The van der Waals surface area contributed by atoms with Gasteiger partial charge in [0.1, 0.15) is 12.4 Å². The van der Waals surface area contributed by atoms with Gasteiger partial charge < -0.3 is 17.5 Å². The van der Waals surface area contributed by atoms with Gasteiger partial charge in [-0.15, -0.1) is 0 Å². The normalized spacial score (nSPS) is 12.4. The maximum absolute atomic E-state index is 10.1. The van der Waals surface area contributed by atoms with Gasteiger partial charge in [-0.25, -0.2) is 9.55 Å². The lowest BCUT2D eigenvalue weighted by Crippen LogP contribution is -3.00. The highest BCUT2D eigenvalue weighted by atomic mass is 35.5. The van der Waals surface area contributed by atoms with Crippen molar-refractivity contribution in [2.45, 2.75) is 103 Å². The number of rotatable bonds is 16. The molecule has 1 heterocycles. The molecular formula is C22H41ClN2O. The minimum absolute atomic E-state index is 0. The van der Waals surface area contributed by atoms with Gasteiger partial charge in [0.2, 0.25) is 0 Å². The molecule has 0 radical (unpaired) electrons. The summed E-state index contributed by atoms with van der Waals surface area (Å²) in [7, 11) is 1.97. The van der Waals surface area contributed by atoms with Gasteiger partial charge in [-0.05, 0) is 32.1 Å². The van der Waals surface area contributed by atoms with E-state index in [0.717, 1.165) is 18.7 Å². The summed E-state index contributed by atoms with van der Waals surface area (Å²) in [6, 6.07) is 0. The Morgan fingerprint density at radius 3 is 2.00 bits per heavy atom. The quantitative estimate of drug-likeness (QED) is 0.257. The summed E-state index contributed by atoms with van der Waals surface area (Å²) >= 11 is 0. The average Bonchev–Trinajstić information content (AvgIpc) is 3.04. The Morgan fingerprint density at radius 2 is 1.46 bits per heavy atom. The molecule has 0 amide bonds. The molecule has 4 heteroatoms. The molecule has 1 aromatic heterocycles. The fourth-order valence-corrected chi connectivity index (χ4v) is 3.29. The van der Waals surface area contributed by atoms with Gasteiger partial charge in [0, 0.05) is 0 Å². The lowest BCUT2D eigenvalue weighted by atomic mass is 10.1. The van der Waals surface area contributed by atoms with E-state index in [1.54, 1.807) is 0 Å². The molecule has 0 aliphatic heterocycles. The fourth-order valence-electron chi connectivity index (χ4n) is 3.29. The van der Waals surface area contributed by atoms with E-state index in [2.05, 4.69) is 24.1 Å². The zero-order valence-electron chi connectivity index (χ0n) is 17.1. The van der Waals surface area contributed by atoms with Gasteiger partial charge in [-0.3, -0.25) is 0 Å². The molecule has 1 unspecified atom stereocenters. The standard InChI is InChI=1S/C22H40N2O.ClH/c1-3-4-5-6-7-8-9-10-11-12-13-14-15-16-17-18-21(25)22-23-19-20-24(22)2;/h10-11,19-21,25H,3-9,12-18H2,1-2H3;1H/b11-10-;. The van der Waals surface area contributed by atoms with Crippen LogP contribution in [0.2, 0.25) is 0 Å². The van der Waals surface area contributed by atoms with E-state index in [9.17, 15) is 5.11 Å². The Balaban J connectivity index is 0.00000625. The van der Waals surface area contributed by atoms with Crippen LogP contribution in [0.25, 0.3) is 0 Å². The molecule has 1 atom stereocenters. The first-order chi connectivity index (χ1) is 12.3. The van der Waals surface area contributed by atoms with Crippen molar-refractivity contribution >= 4 is 0 Å².